The van der Waals surface area contributed by atoms with Crippen molar-refractivity contribution < 1.29 is 9.18 Å². The van der Waals surface area contributed by atoms with E-state index >= 15 is 0 Å². The minimum atomic E-state index is -0.583. The Morgan fingerprint density at radius 3 is 2.81 bits per heavy atom. The summed E-state index contributed by atoms with van der Waals surface area (Å²) in [7, 11) is 1.84. The van der Waals surface area contributed by atoms with Gasteiger partial charge in [0, 0.05) is 31.4 Å². The third-order valence-corrected chi connectivity index (χ3v) is 4.58. The lowest BCUT2D eigenvalue weighted by molar-refractivity contribution is -0.121. The summed E-state index contributed by atoms with van der Waals surface area (Å²) in [6.07, 6.45) is 5.85. The van der Waals surface area contributed by atoms with Crippen molar-refractivity contribution in [1.29, 1.82) is 0 Å². The molecule has 1 aromatic carbocycles. The lowest BCUT2D eigenvalue weighted by Gasteiger charge is -2.20. The van der Waals surface area contributed by atoms with Gasteiger partial charge in [0.2, 0.25) is 5.91 Å². The molecule has 0 radical (unpaired) electrons. The van der Waals surface area contributed by atoms with Gasteiger partial charge < -0.3 is 15.2 Å². The van der Waals surface area contributed by atoms with Gasteiger partial charge in [-0.25, -0.2) is 9.37 Å². The summed E-state index contributed by atoms with van der Waals surface area (Å²) >= 11 is 0. The summed E-state index contributed by atoms with van der Waals surface area (Å²) in [4.78, 5) is 16.7. The van der Waals surface area contributed by atoms with E-state index in [1.54, 1.807) is 35.2 Å². The van der Waals surface area contributed by atoms with E-state index in [2.05, 4.69) is 15.6 Å². The zero-order valence-corrected chi connectivity index (χ0v) is 16.3. The number of aryl methyl sites for hydroxylation is 1. The van der Waals surface area contributed by atoms with Crippen molar-refractivity contribution in [2.45, 2.75) is 25.3 Å². The molecule has 0 spiro atoms. The Morgan fingerprint density at radius 2 is 2.19 bits per heavy atom. The topological polar surface area (TPSA) is 59.0 Å². The zero-order chi connectivity index (χ0) is 16.9. The van der Waals surface area contributed by atoms with Gasteiger partial charge in [-0.3, -0.25) is 4.79 Å². The molecule has 144 valence electrons. The van der Waals surface area contributed by atoms with Crippen LogP contribution in [0.15, 0.2) is 36.7 Å². The molecule has 0 saturated carbocycles. The fraction of sp³-hybridized carbons (Fsp3) is 0.444. The van der Waals surface area contributed by atoms with Gasteiger partial charge in [-0.05, 0) is 37.9 Å². The monoisotopic (exact) mass is 402 g/mol. The van der Waals surface area contributed by atoms with Crippen LogP contribution < -0.4 is 10.6 Å². The van der Waals surface area contributed by atoms with E-state index in [0.29, 0.717) is 23.7 Å². The van der Waals surface area contributed by atoms with Crippen molar-refractivity contribution in [2.75, 3.05) is 13.1 Å². The van der Waals surface area contributed by atoms with Crippen molar-refractivity contribution >= 4 is 30.7 Å². The molecule has 1 aliphatic rings. The van der Waals surface area contributed by atoms with Crippen LogP contribution in [0.2, 0.25) is 0 Å². The van der Waals surface area contributed by atoms with Crippen molar-refractivity contribution in [3.63, 3.8) is 0 Å². The Bertz CT molecular complexity index is 704. The highest BCUT2D eigenvalue weighted by Crippen LogP contribution is 2.23. The van der Waals surface area contributed by atoms with Crippen LogP contribution in [0, 0.1) is 11.7 Å². The number of hydrogen-bond donors (Lipinski definition) is 2. The minimum absolute atomic E-state index is 0. The van der Waals surface area contributed by atoms with Gasteiger partial charge in [0.15, 0.2) is 0 Å². The normalized spacial score (nSPS) is 17.1. The second-order valence-corrected chi connectivity index (χ2v) is 6.32. The van der Waals surface area contributed by atoms with Gasteiger partial charge in [0.1, 0.15) is 17.7 Å². The maximum absolute atomic E-state index is 14.2. The average Bonchev–Trinajstić information content (AvgIpc) is 3.23. The van der Waals surface area contributed by atoms with Crippen LogP contribution in [0.1, 0.15) is 36.7 Å². The summed E-state index contributed by atoms with van der Waals surface area (Å²) in [5.74, 6) is 0.760. The third-order valence-electron chi connectivity index (χ3n) is 4.58. The molecule has 8 heteroatoms. The van der Waals surface area contributed by atoms with Crippen molar-refractivity contribution in [3.05, 3.63) is 53.9 Å². The van der Waals surface area contributed by atoms with Crippen molar-refractivity contribution in [2.24, 2.45) is 13.0 Å². The van der Waals surface area contributed by atoms with E-state index in [1.807, 2.05) is 7.05 Å². The number of rotatable bonds is 6. The van der Waals surface area contributed by atoms with E-state index in [1.165, 1.54) is 6.07 Å². The molecule has 1 aromatic heterocycles. The third kappa shape index (κ3) is 5.43. The molecule has 2 atom stereocenters. The van der Waals surface area contributed by atoms with Crippen LogP contribution >= 0.6 is 24.8 Å². The first-order valence-corrected chi connectivity index (χ1v) is 8.37. The van der Waals surface area contributed by atoms with Crippen molar-refractivity contribution in [3.8, 4) is 0 Å². The van der Waals surface area contributed by atoms with Crippen LogP contribution in [0.3, 0.4) is 0 Å². The second-order valence-electron chi connectivity index (χ2n) is 6.32. The summed E-state index contributed by atoms with van der Waals surface area (Å²) in [5, 5.41) is 6.26. The Kier molecular flexibility index (Phi) is 9.05. The number of benzene rings is 1. The number of nitrogens with one attached hydrogen (secondary N) is 2. The number of halogens is 3. The molecule has 3 rings (SSSR count). The molecule has 1 amide bonds. The molecule has 0 aliphatic carbocycles. The average molecular weight is 403 g/mol. The molecule has 5 nitrogen and oxygen atoms in total. The Hall–Kier alpha value is -1.63. The van der Waals surface area contributed by atoms with Crippen LogP contribution in [-0.2, 0) is 11.8 Å². The number of carbonyl (C=O) groups is 1. The highest BCUT2D eigenvalue weighted by Gasteiger charge is 2.24. The first-order valence-electron chi connectivity index (χ1n) is 8.37. The molecule has 26 heavy (non-hydrogen) atoms. The fourth-order valence-electron chi connectivity index (χ4n) is 3.18. The van der Waals surface area contributed by atoms with Gasteiger partial charge in [-0.2, -0.15) is 0 Å². The molecular formula is C18H25Cl2FN4O. The van der Waals surface area contributed by atoms with E-state index in [4.69, 9.17) is 0 Å². The van der Waals surface area contributed by atoms with E-state index in [9.17, 15) is 9.18 Å². The molecule has 0 bridgehead atoms. The number of imidazole rings is 1. The summed E-state index contributed by atoms with van der Waals surface area (Å²) in [6, 6.07) is 5.92. The molecule has 2 unspecified atom stereocenters. The number of hydrogen-bond acceptors (Lipinski definition) is 3. The Labute approximate surface area is 165 Å². The smallest absolute Gasteiger partial charge is 0.220 e. The predicted octanol–water partition coefficient (Wildman–Crippen LogP) is 3.00. The van der Waals surface area contributed by atoms with Crippen LogP contribution in [0.5, 0.6) is 0 Å². The fourth-order valence-corrected chi connectivity index (χ4v) is 3.18. The highest BCUT2D eigenvalue weighted by atomic mass is 35.5. The SMILES string of the molecule is Cl.Cl.Cn1ccnc1C(NC(=O)CCC1CCNC1)c1ccccc1F. The van der Waals surface area contributed by atoms with E-state index in [-0.39, 0.29) is 36.5 Å². The largest absolute Gasteiger partial charge is 0.342 e. The maximum atomic E-state index is 14.2. The summed E-state index contributed by atoms with van der Waals surface area (Å²) < 4.78 is 16.1. The second kappa shape index (κ2) is 10.5. The van der Waals surface area contributed by atoms with Crippen LogP contribution in [-0.4, -0.2) is 28.5 Å². The molecule has 1 fully saturated rings. The predicted molar refractivity (Wildman–Crippen MR) is 104 cm³/mol. The first kappa shape index (κ1) is 22.4. The summed E-state index contributed by atoms with van der Waals surface area (Å²) in [6.45, 7) is 2.00. The Morgan fingerprint density at radius 1 is 1.42 bits per heavy atom. The molecule has 2 aromatic rings. The number of amides is 1. The Balaban J connectivity index is 0.00000169. The summed E-state index contributed by atoms with van der Waals surface area (Å²) in [5.41, 5.74) is 0.433. The van der Waals surface area contributed by atoms with Crippen molar-refractivity contribution in [1.82, 2.24) is 20.2 Å². The quantitative estimate of drug-likeness (QED) is 0.780. The molecule has 2 heterocycles. The maximum Gasteiger partial charge on any atom is 0.220 e. The lowest BCUT2D eigenvalue weighted by Crippen LogP contribution is -2.32. The van der Waals surface area contributed by atoms with Gasteiger partial charge >= 0.3 is 0 Å². The van der Waals surface area contributed by atoms with Crippen LogP contribution in [0.25, 0.3) is 0 Å². The highest BCUT2D eigenvalue weighted by molar-refractivity contribution is 5.85. The molecule has 1 saturated heterocycles. The zero-order valence-electron chi connectivity index (χ0n) is 14.7. The van der Waals surface area contributed by atoms with Gasteiger partial charge in [0.25, 0.3) is 0 Å². The lowest BCUT2D eigenvalue weighted by atomic mass is 10.0. The van der Waals surface area contributed by atoms with Gasteiger partial charge in [-0.15, -0.1) is 24.8 Å². The van der Waals surface area contributed by atoms with Gasteiger partial charge in [-0.1, -0.05) is 18.2 Å². The number of carbonyl (C=O) groups excluding carboxylic acids is 1. The van der Waals surface area contributed by atoms with E-state index in [0.717, 1.165) is 25.9 Å². The minimum Gasteiger partial charge on any atom is -0.342 e. The molecular weight excluding hydrogens is 378 g/mol. The number of aromatic nitrogens is 2. The van der Waals surface area contributed by atoms with E-state index < -0.39 is 6.04 Å². The standard InChI is InChI=1S/C18H23FN4O.2ClH/c1-23-11-10-21-18(23)17(14-4-2-3-5-15(14)19)22-16(24)7-6-13-8-9-20-12-13;;/h2-5,10-11,13,17,20H,6-9,12H2,1H3,(H,22,24);2*1H. The van der Waals surface area contributed by atoms with Gasteiger partial charge in [0.05, 0.1) is 0 Å². The first-order chi connectivity index (χ1) is 11.6. The number of nitrogens with zero attached hydrogens (tertiary/aromatic N) is 2. The van der Waals surface area contributed by atoms with Crippen LogP contribution in [0.4, 0.5) is 4.39 Å². The molecule has 1 aliphatic heterocycles. The molecule has 2 N–H and O–H groups in total.